The van der Waals surface area contributed by atoms with E-state index in [4.69, 9.17) is 0 Å². The Balaban J connectivity index is 2.05. The summed E-state index contributed by atoms with van der Waals surface area (Å²) in [5.41, 5.74) is 0. The van der Waals surface area contributed by atoms with Crippen LogP contribution in [0.2, 0.25) is 0 Å². The van der Waals surface area contributed by atoms with Crippen molar-refractivity contribution in [2.75, 3.05) is 0 Å². The zero-order chi connectivity index (χ0) is 15.4. The molecule has 0 nitrogen and oxygen atoms in total. The molecule has 0 fully saturated rings. The summed E-state index contributed by atoms with van der Waals surface area (Å²) in [4.78, 5) is 0. The molecule has 0 amide bonds. The third-order valence-corrected chi connectivity index (χ3v) is 7.17. The van der Waals surface area contributed by atoms with Gasteiger partial charge in [-0.15, -0.1) is 0 Å². The summed E-state index contributed by atoms with van der Waals surface area (Å²) >= 11 is 0. The van der Waals surface area contributed by atoms with Crippen LogP contribution in [0.25, 0.3) is 41.7 Å². The molecule has 0 radical (unpaired) electrons. The molecule has 0 aliphatic carbocycles. The number of rotatable bonds is 1. The van der Waals surface area contributed by atoms with Crippen molar-refractivity contribution in [3.05, 3.63) is 72.8 Å². The molecule has 110 valence electrons. The maximum absolute atomic E-state index is 2.46. The molecule has 1 unspecified atom stereocenters. The van der Waals surface area contributed by atoms with Gasteiger partial charge in [0.1, 0.15) is 5.75 Å². The van der Waals surface area contributed by atoms with Crippen molar-refractivity contribution in [1.82, 2.24) is 0 Å². The quantitative estimate of drug-likeness (QED) is 0.229. The first kappa shape index (κ1) is 13.1. The first-order valence-corrected chi connectivity index (χ1v) is 9.52. The Morgan fingerprint density at radius 3 is 2.22 bits per heavy atom. The highest BCUT2D eigenvalue weighted by atomic mass is 32.2. The molecule has 1 aromatic heterocycles. The van der Waals surface area contributed by atoms with Gasteiger partial charge in [-0.25, -0.2) is 0 Å². The molecule has 0 saturated heterocycles. The van der Waals surface area contributed by atoms with Crippen LogP contribution in [0.3, 0.4) is 0 Å². The van der Waals surface area contributed by atoms with E-state index in [0.29, 0.717) is 0 Å². The SMILES string of the molecule is CC[s+]1c2ccccc2c2cc3ccc4ccccc4c3cc21. The van der Waals surface area contributed by atoms with Gasteiger partial charge in [0, 0.05) is 16.8 Å². The van der Waals surface area contributed by atoms with Crippen molar-refractivity contribution < 1.29 is 0 Å². The lowest BCUT2D eigenvalue weighted by atomic mass is 10.0. The van der Waals surface area contributed by atoms with Crippen LogP contribution in [0.4, 0.5) is 0 Å². The second kappa shape index (κ2) is 4.81. The van der Waals surface area contributed by atoms with Crippen LogP contribution in [0, 0.1) is 0 Å². The van der Waals surface area contributed by atoms with Crippen LogP contribution < -0.4 is 0 Å². The van der Waals surface area contributed by atoms with E-state index in [-0.39, 0.29) is 10.5 Å². The summed E-state index contributed by atoms with van der Waals surface area (Å²) in [6, 6.07) is 27.0. The molecular weight excluding hydrogens is 296 g/mol. The van der Waals surface area contributed by atoms with E-state index >= 15 is 0 Å². The fourth-order valence-electron chi connectivity index (χ4n) is 3.78. The van der Waals surface area contributed by atoms with Crippen LogP contribution >= 0.6 is 10.5 Å². The van der Waals surface area contributed by atoms with E-state index in [1.54, 1.807) is 0 Å². The zero-order valence-electron chi connectivity index (χ0n) is 13.0. The van der Waals surface area contributed by atoms with Crippen molar-refractivity contribution in [1.29, 1.82) is 0 Å². The molecular formula is C22H17S+. The average molecular weight is 313 g/mol. The summed E-state index contributed by atoms with van der Waals surface area (Å²) in [6.45, 7) is 2.31. The Morgan fingerprint density at radius 2 is 1.35 bits per heavy atom. The molecule has 4 aromatic carbocycles. The number of fused-ring (bicyclic) bond motifs is 6. The van der Waals surface area contributed by atoms with Crippen LogP contribution in [0.15, 0.2) is 72.8 Å². The average Bonchev–Trinajstić information content (AvgIpc) is 2.93. The Morgan fingerprint density at radius 1 is 0.609 bits per heavy atom. The molecule has 0 N–H and O–H groups in total. The maximum atomic E-state index is 2.46. The molecule has 0 aliphatic heterocycles. The van der Waals surface area contributed by atoms with Crippen molar-refractivity contribution in [3.63, 3.8) is 0 Å². The van der Waals surface area contributed by atoms with Crippen molar-refractivity contribution in [2.45, 2.75) is 12.7 Å². The van der Waals surface area contributed by atoms with Crippen molar-refractivity contribution >= 4 is 52.2 Å². The number of thiophene rings is 1. The molecule has 5 aromatic rings. The van der Waals surface area contributed by atoms with Gasteiger partial charge in [0.25, 0.3) is 0 Å². The molecule has 0 saturated carbocycles. The first-order valence-electron chi connectivity index (χ1n) is 8.12. The first-order chi connectivity index (χ1) is 11.4. The Labute approximate surface area is 137 Å². The molecule has 0 aliphatic rings. The topological polar surface area (TPSA) is 0 Å². The molecule has 0 spiro atoms. The van der Waals surface area contributed by atoms with Crippen molar-refractivity contribution in [2.24, 2.45) is 0 Å². The van der Waals surface area contributed by atoms with Gasteiger partial charge in [0.15, 0.2) is 9.40 Å². The predicted octanol–water partition coefficient (Wildman–Crippen LogP) is 7.07. The van der Waals surface area contributed by atoms with Gasteiger partial charge in [0.2, 0.25) is 0 Å². The lowest BCUT2D eigenvalue weighted by Crippen LogP contribution is -1.78. The number of hydrogen-bond donors (Lipinski definition) is 0. The monoisotopic (exact) mass is 313 g/mol. The summed E-state index contributed by atoms with van der Waals surface area (Å²) in [5.74, 6) is 1.18. The third-order valence-electron chi connectivity index (χ3n) is 4.84. The lowest BCUT2D eigenvalue weighted by Gasteiger charge is -2.03. The third kappa shape index (κ3) is 1.77. The lowest BCUT2D eigenvalue weighted by molar-refractivity contribution is 1.38. The molecule has 1 heteroatoms. The largest absolute Gasteiger partial charge is 0.182 e. The maximum Gasteiger partial charge on any atom is 0.182 e. The minimum atomic E-state index is 0.217. The van der Waals surface area contributed by atoms with E-state index < -0.39 is 0 Å². The van der Waals surface area contributed by atoms with Crippen LogP contribution in [0.5, 0.6) is 0 Å². The van der Waals surface area contributed by atoms with Crippen LogP contribution in [0.1, 0.15) is 6.92 Å². The Hall–Kier alpha value is -2.38. The van der Waals surface area contributed by atoms with Crippen molar-refractivity contribution in [3.8, 4) is 0 Å². The molecule has 0 bridgehead atoms. The summed E-state index contributed by atoms with van der Waals surface area (Å²) < 4.78 is 3.04. The zero-order valence-corrected chi connectivity index (χ0v) is 13.9. The summed E-state index contributed by atoms with van der Waals surface area (Å²) in [5, 5.41) is 8.30. The van der Waals surface area contributed by atoms with Gasteiger partial charge in [-0.05, 0) is 57.1 Å². The highest BCUT2D eigenvalue weighted by molar-refractivity contribution is 7.42. The normalized spacial score (nSPS) is 12.7. The van der Waals surface area contributed by atoms with Gasteiger partial charge in [0.05, 0.1) is 0 Å². The second-order valence-corrected chi connectivity index (χ2v) is 8.27. The molecule has 23 heavy (non-hydrogen) atoms. The fourth-order valence-corrected chi connectivity index (χ4v) is 6.02. The molecule has 1 atom stereocenters. The Bertz CT molecular complexity index is 1190. The smallest absolute Gasteiger partial charge is 0.0616 e. The van der Waals surface area contributed by atoms with Crippen LogP contribution in [-0.2, 0) is 5.75 Å². The Kier molecular flexibility index (Phi) is 2.74. The van der Waals surface area contributed by atoms with E-state index in [1.165, 1.54) is 47.5 Å². The summed E-state index contributed by atoms with van der Waals surface area (Å²) in [6.07, 6.45) is 0. The summed E-state index contributed by atoms with van der Waals surface area (Å²) in [7, 11) is 0.217. The van der Waals surface area contributed by atoms with Crippen LogP contribution in [-0.4, -0.2) is 0 Å². The number of aryl methyl sites for hydroxylation is 1. The number of benzene rings is 4. The second-order valence-electron chi connectivity index (χ2n) is 6.03. The molecule has 5 rings (SSSR count). The highest BCUT2D eigenvalue weighted by Crippen LogP contribution is 2.45. The van der Waals surface area contributed by atoms with E-state index in [2.05, 4.69) is 79.7 Å². The van der Waals surface area contributed by atoms with Gasteiger partial charge in [-0.3, -0.25) is 0 Å². The van der Waals surface area contributed by atoms with E-state index in [1.807, 2.05) is 0 Å². The molecule has 1 heterocycles. The fraction of sp³-hybridized carbons (Fsp3) is 0.0909. The predicted molar refractivity (Wildman–Crippen MR) is 105 cm³/mol. The highest BCUT2D eigenvalue weighted by Gasteiger charge is 2.20. The van der Waals surface area contributed by atoms with E-state index in [0.717, 1.165) is 0 Å². The van der Waals surface area contributed by atoms with Gasteiger partial charge in [-0.2, -0.15) is 0 Å². The van der Waals surface area contributed by atoms with Gasteiger partial charge < -0.3 is 0 Å². The van der Waals surface area contributed by atoms with E-state index in [9.17, 15) is 0 Å². The number of hydrogen-bond acceptors (Lipinski definition) is 0. The van der Waals surface area contributed by atoms with Gasteiger partial charge in [-0.1, -0.05) is 48.5 Å². The minimum absolute atomic E-state index is 0.217. The minimum Gasteiger partial charge on any atom is -0.0616 e. The van der Waals surface area contributed by atoms with Gasteiger partial charge >= 0.3 is 0 Å². The standard InChI is InChI=1S/C22H17S/c1-2-23-21-10-6-5-9-18(21)20-13-16-12-11-15-7-3-4-8-17(15)19(16)14-22(20)23/h3-14H,2H2,1H3/q+1.